The van der Waals surface area contributed by atoms with Crippen LogP contribution in [0.5, 0.6) is 0 Å². The summed E-state index contributed by atoms with van der Waals surface area (Å²) in [6.45, 7) is 4.83. The molecule has 0 saturated heterocycles. The molecule has 0 saturated carbocycles. The molecule has 0 radical (unpaired) electrons. The number of methoxy groups -OCH3 is 1. The normalized spacial score (nSPS) is 10.9. The van der Waals surface area contributed by atoms with Crippen molar-refractivity contribution in [1.29, 1.82) is 0 Å². The molecule has 0 bridgehead atoms. The number of oxazole rings is 1. The van der Waals surface area contributed by atoms with E-state index in [0.29, 0.717) is 0 Å². The van der Waals surface area contributed by atoms with Gasteiger partial charge in [0.1, 0.15) is 18.4 Å². The third-order valence-electron chi connectivity index (χ3n) is 1.78. The van der Waals surface area contributed by atoms with Crippen LogP contribution in [0.25, 0.3) is 0 Å². The Morgan fingerprint density at radius 2 is 2.11 bits per heavy atom. The minimum atomic E-state index is -0.727. The van der Waals surface area contributed by atoms with Crippen LogP contribution in [0.15, 0.2) is 16.9 Å². The lowest BCUT2D eigenvalue weighted by Gasteiger charge is -2.24. The molecule has 0 spiro atoms. The standard InChI is InChI=1S/C11H16N2O5/c1-11(2,3)18-10(15)13(7-8(14)16-4)9-12-5-6-17-9/h5-6H,7H2,1-4H3. The van der Waals surface area contributed by atoms with Gasteiger partial charge in [0.2, 0.25) is 0 Å². The lowest BCUT2D eigenvalue weighted by Crippen LogP contribution is -2.40. The van der Waals surface area contributed by atoms with Crippen LogP contribution in [0.4, 0.5) is 10.8 Å². The van der Waals surface area contributed by atoms with Crippen molar-refractivity contribution in [3.8, 4) is 0 Å². The SMILES string of the molecule is COC(=O)CN(C(=O)OC(C)(C)C)c1ncco1. The zero-order chi connectivity index (χ0) is 13.8. The van der Waals surface area contributed by atoms with Crippen molar-refractivity contribution in [2.45, 2.75) is 26.4 Å². The van der Waals surface area contributed by atoms with Crippen molar-refractivity contribution in [3.05, 3.63) is 12.5 Å². The van der Waals surface area contributed by atoms with Gasteiger partial charge in [-0.05, 0) is 20.8 Å². The monoisotopic (exact) mass is 256 g/mol. The minimum Gasteiger partial charge on any atom is -0.468 e. The molecule has 7 heteroatoms. The number of hydrogen-bond donors (Lipinski definition) is 0. The molecule has 7 nitrogen and oxygen atoms in total. The molecule has 1 heterocycles. The van der Waals surface area contributed by atoms with Gasteiger partial charge in [0.05, 0.1) is 13.3 Å². The molecule has 18 heavy (non-hydrogen) atoms. The molecule has 0 aliphatic carbocycles. The predicted octanol–water partition coefficient (Wildman–Crippen LogP) is 1.59. The topological polar surface area (TPSA) is 81.9 Å². The second-order valence-electron chi connectivity index (χ2n) is 4.46. The number of carbonyl (C=O) groups excluding carboxylic acids is 2. The van der Waals surface area contributed by atoms with Crippen LogP contribution in [0.3, 0.4) is 0 Å². The Morgan fingerprint density at radius 1 is 1.44 bits per heavy atom. The number of amides is 1. The van der Waals surface area contributed by atoms with Crippen molar-refractivity contribution in [3.63, 3.8) is 0 Å². The number of carbonyl (C=O) groups is 2. The van der Waals surface area contributed by atoms with Gasteiger partial charge in [0.15, 0.2) is 0 Å². The van der Waals surface area contributed by atoms with Crippen molar-refractivity contribution in [2.75, 3.05) is 18.6 Å². The number of nitrogens with zero attached hydrogens (tertiary/aromatic N) is 2. The van der Waals surface area contributed by atoms with Crippen LogP contribution in [0, 0.1) is 0 Å². The fourth-order valence-electron chi connectivity index (χ4n) is 1.07. The highest BCUT2D eigenvalue weighted by molar-refractivity contribution is 5.91. The second-order valence-corrected chi connectivity index (χ2v) is 4.46. The fraction of sp³-hybridized carbons (Fsp3) is 0.545. The van der Waals surface area contributed by atoms with Gasteiger partial charge in [-0.2, -0.15) is 0 Å². The third-order valence-corrected chi connectivity index (χ3v) is 1.78. The van der Waals surface area contributed by atoms with E-state index in [0.717, 1.165) is 4.90 Å². The quantitative estimate of drug-likeness (QED) is 0.764. The van der Waals surface area contributed by atoms with Crippen LogP contribution in [-0.2, 0) is 14.3 Å². The van der Waals surface area contributed by atoms with Crippen molar-refractivity contribution in [2.24, 2.45) is 0 Å². The van der Waals surface area contributed by atoms with E-state index in [9.17, 15) is 9.59 Å². The maximum atomic E-state index is 11.9. The van der Waals surface area contributed by atoms with Crippen molar-refractivity contribution >= 4 is 18.1 Å². The van der Waals surface area contributed by atoms with Gasteiger partial charge in [-0.15, -0.1) is 0 Å². The van der Waals surface area contributed by atoms with Gasteiger partial charge in [-0.25, -0.2) is 14.7 Å². The Balaban J connectivity index is 2.84. The molecule has 0 aromatic carbocycles. The number of rotatable bonds is 3. The summed E-state index contributed by atoms with van der Waals surface area (Å²) in [6.07, 6.45) is 1.93. The molecular formula is C11H16N2O5. The van der Waals surface area contributed by atoms with E-state index in [2.05, 4.69) is 9.72 Å². The van der Waals surface area contributed by atoms with E-state index in [4.69, 9.17) is 9.15 Å². The molecule has 0 aliphatic rings. The van der Waals surface area contributed by atoms with Crippen LogP contribution >= 0.6 is 0 Å². The smallest absolute Gasteiger partial charge is 0.419 e. The first kappa shape index (κ1) is 14.0. The van der Waals surface area contributed by atoms with Gasteiger partial charge in [-0.3, -0.25) is 4.79 Å². The zero-order valence-corrected chi connectivity index (χ0v) is 10.8. The molecule has 1 amide bonds. The molecule has 0 fully saturated rings. The fourth-order valence-corrected chi connectivity index (χ4v) is 1.07. The number of ether oxygens (including phenoxy) is 2. The van der Waals surface area contributed by atoms with E-state index in [1.807, 2.05) is 0 Å². The Labute approximate surface area is 105 Å². The Hall–Kier alpha value is -2.05. The molecule has 1 rings (SSSR count). The lowest BCUT2D eigenvalue weighted by atomic mass is 10.2. The Morgan fingerprint density at radius 3 is 2.56 bits per heavy atom. The van der Waals surface area contributed by atoms with E-state index in [1.165, 1.54) is 19.6 Å². The first-order chi connectivity index (χ1) is 8.33. The van der Waals surface area contributed by atoms with Crippen molar-refractivity contribution < 1.29 is 23.5 Å². The highest BCUT2D eigenvalue weighted by atomic mass is 16.6. The summed E-state index contributed by atoms with van der Waals surface area (Å²) >= 11 is 0. The first-order valence-electron chi connectivity index (χ1n) is 5.30. The van der Waals surface area contributed by atoms with Crippen molar-refractivity contribution in [1.82, 2.24) is 4.98 Å². The van der Waals surface area contributed by atoms with E-state index in [-0.39, 0.29) is 12.6 Å². The molecule has 1 aromatic heterocycles. The summed E-state index contributed by atoms with van der Waals surface area (Å²) in [5, 5.41) is 0. The van der Waals surface area contributed by atoms with Gasteiger partial charge >= 0.3 is 18.1 Å². The largest absolute Gasteiger partial charge is 0.468 e. The van der Waals surface area contributed by atoms with Crippen LogP contribution in [-0.4, -0.2) is 36.3 Å². The van der Waals surface area contributed by atoms with Gasteiger partial charge in [0, 0.05) is 0 Å². The molecule has 0 atom stereocenters. The van der Waals surface area contributed by atoms with Gasteiger partial charge in [-0.1, -0.05) is 0 Å². The van der Waals surface area contributed by atoms with Crippen LogP contribution < -0.4 is 4.90 Å². The molecule has 1 aromatic rings. The minimum absolute atomic E-state index is 0.0188. The van der Waals surface area contributed by atoms with E-state index in [1.54, 1.807) is 20.8 Å². The third kappa shape index (κ3) is 4.08. The Bertz CT molecular complexity index is 408. The maximum Gasteiger partial charge on any atom is 0.419 e. The number of esters is 1. The zero-order valence-electron chi connectivity index (χ0n) is 10.8. The average molecular weight is 256 g/mol. The van der Waals surface area contributed by atoms with Crippen LogP contribution in [0.1, 0.15) is 20.8 Å². The molecule has 0 unspecified atom stereocenters. The summed E-state index contributed by atoms with van der Waals surface area (Å²) < 4.78 is 14.6. The number of hydrogen-bond acceptors (Lipinski definition) is 6. The average Bonchev–Trinajstić information content (AvgIpc) is 2.75. The second kappa shape index (κ2) is 5.52. The predicted molar refractivity (Wildman–Crippen MR) is 62.1 cm³/mol. The Kier molecular flexibility index (Phi) is 4.30. The molecule has 0 aliphatic heterocycles. The summed E-state index contributed by atoms with van der Waals surface area (Å²) in [5.74, 6) is -0.598. The highest BCUT2D eigenvalue weighted by Crippen LogP contribution is 2.16. The summed E-state index contributed by atoms with van der Waals surface area (Å²) in [5.41, 5.74) is -0.682. The van der Waals surface area contributed by atoms with Gasteiger partial charge < -0.3 is 13.9 Å². The summed E-state index contributed by atoms with van der Waals surface area (Å²) in [6, 6.07) is -0.0188. The highest BCUT2D eigenvalue weighted by Gasteiger charge is 2.28. The van der Waals surface area contributed by atoms with Crippen LogP contribution in [0.2, 0.25) is 0 Å². The maximum absolute atomic E-state index is 11.9. The van der Waals surface area contributed by atoms with Gasteiger partial charge in [0.25, 0.3) is 0 Å². The number of anilines is 1. The van der Waals surface area contributed by atoms with E-state index < -0.39 is 17.7 Å². The molecule has 100 valence electrons. The number of aromatic nitrogens is 1. The molecule has 0 N–H and O–H groups in total. The molecular weight excluding hydrogens is 240 g/mol. The lowest BCUT2D eigenvalue weighted by molar-refractivity contribution is -0.139. The van der Waals surface area contributed by atoms with E-state index >= 15 is 0 Å². The summed E-state index contributed by atoms with van der Waals surface area (Å²) in [7, 11) is 1.23. The first-order valence-corrected chi connectivity index (χ1v) is 5.30. The summed E-state index contributed by atoms with van der Waals surface area (Å²) in [4.78, 5) is 27.9.